The van der Waals surface area contributed by atoms with Crippen molar-refractivity contribution in [2.45, 2.75) is 44.4 Å². The van der Waals surface area contributed by atoms with Crippen LogP contribution in [0.25, 0.3) is 0 Å². The number of hydrogen-bond donors (Lipinski definition) is 4. The normalized spacial score (nSPS) is 32.4. The summed E-state index contributed by atoms with van der Waals surface area (Å²) in [4.78, 5) is 2.23. The quantitative estimate of drug-likeness (QED) is 0.526. The van der Waals surface area contributed by atoms with Crippen molar-refractivity contribution < 1.29 is 10.2 Å². The van der Waals surface area contributed by atoms with E-state index in [1.165, 1.54) is 11.1 Å². The van der Waals surface area contributed by atoms with Crippen molar-refractivity contribution in [2.75, 3.05) is 5.73 Å². The number of nitrogens with two attached hydrogens (primary N) is 1. The summed E-state index contributed by atoms with van der Waals surface area (Å²) in [5, 5.41) is 22.2. The fourth-order valence-corrected chi connectivity index (χ4v) is 2.97. The van der Waals surface area contributed by atoms with Gasteiger partial charge in [-0.05, 0) is 30.0 Å². The van der Waals surface area contributed by atoms with Crippen LogP contribution in [-0.2, 0) is 13.1 Å². The van der Waals surface area contributed by atoms with E-state index in [2.05, 4.69) is 16.3 Å². The molecule has 0 amide bonds. The summed E-state index contributed by atoms with van der Waals surface area (Å²) >= 11 is 0. The number of aliphatic hydroxyl groups excluding tert-OH is 2. The molecule has 5 heteroatoms. The van der Waals surface area contributed by atoms with Gasteiger partial charge in [0.25, 0.3) is 0 Å². The summed E-state index contributed by atoms with van der Waals surface area (Å²) in [7, 11) is 0. The van der Waals surface area contributed by atoms with Crippen molar-refractivity contribution in [1.82, 2.24) is 10.2 Å². The molecular weight excluding hydrogens is 230 g/mol. The van der Waals surface area contributed by atoms with Gasteiger partial charge < -0.3 is 15.9 Å². The Kier molecular flexibility index (Phi) is 2.99. The van der Waals surface area contributed by atoms with E-state index in [9.17, 15) is 10.2 Å². The summed E-state index contributed by atoms with van der Waals surface area (Å²) in [6.45, 7) is 1.60. The number of anilines is 1. The number of benzene rings is 1. The first kappa shape index (κ1) is 11.9. The van der Waals surface area contributed by atoms with Crippen LogP contribution in [0.15, 0.2) is 18.2 Å². The van der Waals surface area contributed by atoms with E-state index in [0.29, 0.717) is 6.42 Å². The Labute approximate surface area is 106 Å². The molecule has 3 atom stereocenters. The van der Waals surface area contributed by atoms with Crippen LogP contribution >= 0.6 is 0 Å². The molecule has 2 aliphatic rings. The molecule has 0 bridgehead atoms. The smallest absolute Gasteiger partial charge is 0.122 e. The lowest BCUT2D eigenvalue weighted by molar-refractivity contribution is -0.0561. The summed E-state index contributed by atoms with van der Waals surface area (Å²) in [5.74, 6) is 0. The maximum Gasteiger partial charge on any atom is 0.122 e. The third-order valence-electron chi connectivity index (χ3n) is 3.98. The molecule has 0 aliphatic carbocycles. The minimum absolute atomic E-state index is 0.0419. The van der Waals surface area contributed by atoms with E-state index in [1.807, 2.05) is 12.1 Å². The number of nitrogen functional groups attached to an aromatic ring is 1. The molecule has 2 heterocycles. The molecule has 98 valence electrons. The van der Waals surface area contributed by atoms with Crippen LogP contribution in [0.2, 0.25) is 0 Å². The Bertz CT molecular complexity index is 452. The van der Waals surface area contributed by atoms with E-state index in [0.717, 1.165) is 25.2 Å². The molecule has 1 saturated heterocycles. The van der Waals surface area contributed by atoms with E-state index in [1.54, 1.807) is 0 Å². The second-order valence-electron chi connectivity index (χ2n) is 5.16. The second kappa shape index (κ2) is 4.51. The highest BCUT2D eigenvalue weighted by Crippen LogP contribution is 2.31. The molecule has 3 unspecified atom stereocenters. The van der Waals surface area contributed by atoms with Gasteiger partial charge in [0.15, 0.2) is 0 Å². The Morgan fingerprint density at radius 1 is 1.22 bits per heavy atom. The van der Waals surface area contributed by atoms with Crippen molar-refractivity contribution in [1.29, 1.82) is 0 Å². The van der Waals surface area contributed by atoms with Crippen LogP contribution in [0.4, 0.5) is 5.69 Å². The van der Waals surface area contributed by atoms with Crippen LogP contribution in [0, 0.1) is 0 Å². The van der Waals surface area contributed by atoms with Gasteiger partial charge in [0, 0.05) is 24.8 Å². The second-order valence-corrected chi connectivity index (χ2v) is 5.16. The van der Waals surface area contributed by atoms with Gasteiger partial charge in [0.2, 0.25) is 0 Å². The number of piperidine rings is 1. The van der Waals surface area contributed by atoms with Gasteiger partial charge in [-0.2, -0.15) is 0 Å². The molecule has 0 radical (unpaired) electrons. The molecule has 1 aromatic carbocycles. The van der Waals surface area contributed by atoms with Crippen molar-refractivity contribution in [3.63, 3.8) is 0 Å². The fourth-order valence-electron chi connectivity index (χ4n) is 2.97. The van der Waals surface area contributed by atoms with Gasteiger partial charge in [0.05, 0.1) is 0 Å². The Hall–Kier alpha value is -1.14. The van der Waals surface area contributed by atoms with Gasteiger partial charge in [-0.15, -0.1) is 0 Å². The Balaban J connectivity index is 1.76. The number of hydrogen-bond acceptors (Lipinski definition) is 5. The molecule has 0 aromatic heterocycles. The zero-order valence-corrected chi connectivity index (χ0v) is 10.2. The largest absolute Gasteiger partial charge is 0.398 e. The van der Waals surface area contributed by atoms with Crippen molar-refractivity contribution in [3.05, 3.63) is 29.3 Å². The first-order valence-electron chi connectivity index (χ1n) is 6.37. The number of nitrogens with one attached hydrogen (secondary N) is 1. The Morgan fingerprint density at radius 2 is 2.06 bits per heavy atom. The maximum absolute atomic E-state index is 10.0. The van der Waals surface area contributed by atoms with Crippen LogP contribution in [0.3, 0.4) is 0 Å². The van der Waals surface area contributed by atoms with Crippen molar-refractivity contribution in [3.8, 4) is 0 Å². The van der Waals surface area contributed by atoms with E-state index in [4.69, 9.17) is 5.73 Å². The molecule has 18 heavy (non-hydrogen) atoms. The highest BCUT2D eigenvalue weighted by molar-refractivity contribution is 5.52. The highest BCUT2D eigenvalue weighted by atomic mass is 16.3. The summed E-state index contributed by atoms with van der Waals surface area (Å²) in [5.41, 5.74) is 9.22. The molecule has 0 saturated carbocycles. The lowest BCUT2D eigenvalue weighted by atomic mass is 10.0. The lowest BCUT2D eigenvalue weighted by Crippen LogP contribution is -2.55. The first-order valence-corrected chi connectivity index (χ1v) is 6.37. The van der Waals surface area contributed by atoms with Crippen LogP contribution < -0.4 is 11.1 Å². The average Bonchev–Trinajstić information content (AvgIpc) is 2.74. The van der Waals surface area contributed by atoms with E-state index >= 15 is 0 Å². The van der Waals surface area contributed by atoms with Crippen molar-refractivity contribution >= 4 is 5.69 Å². The monoisotopic (exact) mass is 249 g/mol. The predicted molar refractivity (Wildman–Crippen MR) is 68.3 cm³/mol. The van der Waals surface area contributed by atoms with Gasteiger partial charge in [-0.3, -0.25) is 10.2 Å². The Morgan fingerprint density at radius 3 is 2.78 bits per heavy atom. The summed E-state index contributed by atoms with van der Waals surface area (Å²) in [6.07, 6.45) is 0.198. The number of aliphatic hydroxyl groups is 2. The average molecular weight is 249 g/mol. The third kappa shape index (κ3) is 1.99. The molecule has 5 nitrogen and oxygen atoms in total. The zero-order valence-electron chi connectivity index (χ0n) is 10.2. The number of rotatable bonds is 1. The van der Waals surface area contributed by atoms with Gasteiger partial charge in [-0.25, -0.2) is 0 Å². The number of fused-ring (bicyclic) bond motifs is 1. The van der Waals surface area contributed by atoms with Gasteiger partial charge >= 0.3 is 0 Å². The molecule has 1 aromatic rings. The highest BCUT2D eigenvalue weighted by Gasteiger charge is 2.35. The number of nitrogens with zero attached hydrogens (tertiary/aromatic N) is 1. The zero-order chi connectivity index (χ0) is 12.7. The summed E-state index contributed by atoms with van der Waals surface area (Å²) < 4.78 is 0. The standard InChI is InChI=1S/C13H19N3O2/c14-10-3-1-2-8-6-16(7-9(8)10)11-4-5-12(17)15-13(11)18/h1-3,11-13,15,17-18H,4-7,14H2. The predicted octanol–water partition coefficient (Wildman–Crippen LogP) is -0.0268. The van der Waals surface area contributed by atoms with Crippen LogP contribution in [0.5, 0.6) is 0 Å². The van der Waals surface area contributed by atoms with E-state index < -0.39 is 12.5 Å². The molecule has 5 N–H and O–H groups in total. The van der Waals surface area contributed by atoms with Gasteiger partial charge in [-0.1, -0.05) is 12.1 Å². The minimum Gasteiger partial charge on any atom is -0.398 e. The molecule has 0 spiro atoms. The molecule has 2 aliphatic heterocycles. The van der Waals surface area contributed by atoms with E-state index in [-0.39, 0.29) is 6.04 Å². The third-order valence-corrected chi connectivity index (χ3v) is 3.98. The van der Waals surface area contributed by atoms with Gasteiger partial charge in [0.1, 0.15) is 12.5 Å². The SMILES string of the molecule is Nc1cccc2c1CN(C1CCC(O)NC1O)C2. The molecule has 3 rings (SSSR count). The maximum atomic E-state index is 10.0. The van der Waals surface area contributed by atoms with Crippen molar-refractivity contribution in [2.24, 2.45) is 0 Å². The molecular formula is C13H19N3O2. The molecule has 1 fully saturated rings. The topological polar surface area (TPSA) is 81.8 Å². The van der Waals surface area contributed by atoms with Crippen LogP contribution in [0.1, 0.15) is 24.0 Å². The van der Waals surface area contributed by atoms with Crippen LogP contribution in [-0.4, -0.2) is 33.6 Å². The summed E-state index contributed by atoms with van der Waals surface area (Å²) in [6, 6.07) is 6.02. The first-order chi connectivity index (χ1) is 8.65. The fraction of sp³-hybridized carbons (Fsp3) is 0.538. The minimum atomic E-state index is -0.677. The lowest BCUT2D eigenvalue weighted by Gasteiger charge is -2.37.